The molecule has 0 heterocycles. The maximum Gasteiger partial charge on any atom is 0.335 e. The van der Waals surface area contributed by atoms with E-state index in [0.29, 0.717) is 0 Å². The normalized spacial score (nSPS) is 12.1. The molecule has 1 rings (SSSR count). The molecule has 0 aliphatic rings. The van der Waals surface area contributed by atoms with Crippen molar-refractivity contribution in [3.8, 4) is 0 Å². The lowest BCUT2D eigenvalue weighted by molar-refractivity contribution is -0.387. The number of carboxylic acids is 1. The highest BCUT2D eigenvalue weighted by molar-refractivity contribution is 7.79. The molecule has 7 nitrogen and oxygen atoms in total. The summed E-state index contributed by atoms with van der Waals surface area (Å²) in [5.41, 5.74) is -0.862. The van der Waals surface area contributed by atoms with Crippen LogP contribution in [0.1, 0.15) is 10.4 Å². The topological polar surface area (TPSA) is 118 Å². The van der Waals surface area contributed by atoms with Crippen molar-refractivity contribution >= 4 is 22.7 Å². The number of aromatic carboxylic acids is 1. The Labute approximate surface area is 85.8 Å². The third kappa shape index (κ3) is 2.36. The molecule has 0 aliphatic heterocycles. The number of benzene rings is 1. The van der Waals surface area contributed by atoms with E-state index in [-0.39, 0.29) is 5.56 Å². The van der Waals surface area contributed by atoms with Gasteiger partial charge in [0.2, 0.25) is 0 Å². The van der Waals surface area contributed by atoms with Crippen molar-refractivity contribution in [1.82, 2.24) is 0 Å². The van der Waals surface area contributed by atoms with E-state index in [4.69, 9.17) is 9.66 Å². The van der Waals surface area contributed by atoms with Crippen LogP contribution < -0.4 is 0 Å². The summed E-state index contributed by atoms with van der Waals surface area (Å²) in [6, 6.07) is 2.68. The van der Waals surface area contributed by atoms with Gasteiger partial charge in [-0.05, 0) is 12.1 Å². The monoisotopic (exact) mass is 231 g/mol. The van der Waals surface area contributed by atoms with Crippen LogP contribution in [-0.4, -0.2) is 24.8 Å². The minimum absolute atomic E-state index is 0.280. The summed E-state index contributed by atoms with van der Waals surface area (Å²) >= 11 is -2.59. The first-order valence-electron chi connectivity index (χ1n) is 3.56. The summed E-state index contributed by atoms with van der Waals surface area (Å²) in [5.74, 6) is -1.32. The van der Waals surface area contributed by atoms with Gasteiger partial charge >= 0.3 is 5.97 Å². The third-order valence-electron chi connectivity index (χ3n) is 1.59. The summed E-state index contributed by atoms with van der Waals surface area (Å²) in [5, 5.41) is 19.0. The van der Waals surface area contributed by atoms with E-state index in [0.717, 1.165) is 18.2 Å². The predicted octanol–water partition coefficient (Wildman–Crippen LogP) is 0.874. The van der Waals surface area contributed by atoms with E-state index >= 15 is 0 Å². The van der Waals surface area contributed by atoms with Crippen molar-refractivity contribution in [2.24, 2.45) is 0 Å². The molecule has 0 bridgehead atoms. The molecule has 1 aromatic carbocycles. The highest BCUT2D eigenvalue weighted by Gasteiger charge is 2.20. The van der Waals surface area contributed by atoms with Gasteiger partial charge in [0.05, 0.1) is 10.5 Å². The zero-order valence-corrected chi connectivity index (χ0v) is 7.93. The first-order valence-corrected chi connectivity index (χ1v) is 4.66. The quantitative estimate of drug-likeness (QED) is 0.452. The number of nitro benzene ring substituents is 1. The fraction of sp³-hybridized carbons (Fsp3) is 0. The number of hydrogen-bond donors (Lipinski definition) is 2. The van der Waals surface area contributed by atoms with Crippen molar-refractivity contribution in [1.29, 1.82) is 0 Å². The molecule has 0 spiro atoms. The standard InChI is InChI=1S/C7H5NO6S/c9-7(10)4-1-2-5(8(11)12)6(3-4)15(13)14/h1-3H,(H,9,10)(H,13,14). The summed E-state index contributed by atoms with van der Waals surface area (Å²) < 4.78 is 19.4. The smallest absolute Gasteiger partial charge is 0.335 e. The van der Waals surface area contributed by atoms with Crippen LogP contribution in [0, 0.1) is 10.1 Å². The number of nitrogens with zero attached hydrogens (tertiary/aromatic N) is 1. The van der Waals surface area contributed by atoms with Gasteiger partial charge in [-0.1, -0.05) is 0 Å². The van der Waals surface area contributed by atoms with Crippen molar-refractivity contribution in [2.75, 3.05) is 0 Å². The maximum absolute atomic E-state index is 10.7. The minimum atomic E-state index is -2.59. The second-order valence-corrected chi connectivity index (χ2v) is 3.43. The molecule has 0 amide bonds. The lowest BCUT2D eigenvalue weighted by Gasteiger charge is -1.99. The highest BCUT2D eigenvalue weighted by atomic mass is 32.2. The van der Waals surface area contributed by atoms with E-state index in [1.54, 1.807) is 0 Å². The molecule has 1 atom stereocenters. The van der Waals surface area contributed by atoms with Crippen molar-refractivity contribution in [2.45, 2.75) is 4.90 Å². The fourth-order valence-electron chi connectivity index (χ4n) is 0.938. The minimum Gasteiger partial charge on any atom is -0.478 e. The van der Waals surface area contributed by atoms with E-state index in [1.807, 2.05) is 0 Å². The van der Waals surface area contributed by atoms with Gasteiger partial charge < -0.3 is 9.66 Å². The average Bonchev–Trinajstić information content (AvgIpc) is 2.16. The predicted molar refractivity (Wildman–Crippen MR) is 49.1 cm³/mol. The average molecular weight is 231 g/mol. The Hall–Kier alpha value is -1.80. The first-order chi connectivity index (χ1) is 6.93. The van der Waals surface area contributed by atoms with Crippen LogP contribution in [0.3, 0.4) is 0 Å². The Bertz CT molecular complexity index is 457. The fourth-order valence-corrected chi connectivity index (χ4v) is 1.49. The molecule has 8 heteroatoms. The number of carboxylic acid groups (broad SMARTS) is 1. The molecular weight excluding hydrogens is 226 g/mol. The summed E-state index contributed by atoms with van der Waals surface area (Å²) in [6.45, 7) is 0. The van der Waals surface area contributed by atoms with Crippen LogP contribution in [0.2, 0.25) is 0 Å². The van der Waals surface area contributed by atoms with Gasteiger partial charge in [0.15, 0.2) is 11.1 Å². The lowest BCUT2D eigenvalue weighted by atomic mass is 10.2. The summed E-state index contributed by atoms with van der Waals surface area (Å²) in [4.78, 5) is 19.5. The van der Waals surface area contributed by atoms with E-state index in [1.165, 1.54) is 0 Å². The van der Waals surface area contributed by atoms with Crippen molar-refractivity contribution < 1.29 is 23.6 Å². The molecule has 0 saturated heterocycles. The zero-order chi connectivity index (χ0) is 11.6. The van der Waals surface area contributed by atoms with Crippen LogP contribution >= 0.6 is 0 Å². The number of hydrogen-bond acceptors (Lipinski definition) is 4. The van der Waals surface area contributed by atoms with Crippen molar-refractivity contribution in [3.63, 3.8) is 0 Å². The number of nitro groups is 1. The van der Waals surface area contributed by atoms with Crippen LogP contribution in [-0.2, 0) is 11.1 Å². The first kappa shape index (κ1) is 11.3. The number of rotatable bonds is 3. The van der Waals surface area contributed by atoms with E-state index in [2.05, 4.69) is 0 Å². The van der Waals surface area contributed by atoms with Crippen molar-refractivity contribution in [3.05, 3.63) is 33.9 Å². The van der Waals surface area contributed by atoms with E-state index in [9.17, 15) is 19.1 Å². The van der Waals surface area contributed by atoms with Crippen LogP contribution in [0.15, 0.2) is 23.1 Å². The van der Waals surface area contributed by atoms with Crippen LogP contribution in [0.4, 0.5) is 5.69 Å². The van der Waals surface area contributed by atoms with Gasteiger partial charge in [-0.3, -0.25) is 10.1 Å². The highest BCUT2D eigenvalue weighted by Crippen LogP contribution is 2.22. The molecule has 0 fully saturated rings. The van der Waals surface area contributed by atoms with Gasteiger partial charge in [-0.25, -0.2) is 9.00 Å². The largest absolute Gasteiger partial charge is 0.478 e. The van der Waals surface area contributed by atoms with Gasteiger partial charge in [0.1, 0.15) is 4.90 Å². The third-order valence-corrected chi connectivity index (χ3v) is 2.29. The molecular formula is C7H5NO6S. The molecule has 2 N–H and O–H groups in total. The Balaban J connectivity index is 3.40. The molecule has 0 aliphatic carbocycles. The molecule has 80 valence electrons. The van der Waals surface area contributed by atoms with Gasteiger partial charge in [0.25, 0.3) is 5.69 Å². The molecule has 0 radical (unpaired) electrons. The molecule has 1 unspecified atom stereocenters. The van der Waals surface area contributed by atoms with Crippen LogP contribution in [0.5, 0.6) is 0 Å². The number of carbonyl (C=O) groups is 1. The lowest BCUT2D eigenvalue weighted by Crippen LogP contribution is -2.02. The zero-order valence-electron chi connectivity index (χ0n) is 7.11. The second kappa shape index (κ2) is 4.15. The Morgan fingerprint density at radius 3 is 2.47 bits per heavy atom. The molecule has 1 aromatic rings. The summed E-state index contributed by atoms with van der Waals surface area (Å²) in [6.07, 6.45) is 0. The van der Waals surface area contributed by atoms with E-state index < -0.39 is 32.6 Å². The molecule has 15 heavy (non-hydrogen) atoms. The van der Waals surface area contributed by atoms with Gasteiger partial charge in [-0.2, -0.15) is 0 Å². The van der Waals surface area contributed by atoms with Gasteiger partial charge in [-0.15, -0.1) is 0 Å². The van der Waals surface area contributed by atoms with Gasteiger partial charge in [0, 0.05) is 6.07 Å². The Morgan fingerprint density at radius 2 is 2.07 bits per heavy atom. The molecule has 0 aromatic heterocycles. The second-order valence-electron chi connectivity index (χ2n) is 2.49. The SMILES string of the molecule is O=C(O)c1ccc([N+](=O)[O-])c(S(=O)O)c1. The molecule has 0 saturated carbocycles. The summed E-state index contributed by atoms with van der Waals surface area (Å²) in [7, 11) is 0. The van der Waals surface area contributed by atoms with Crippen LogP contribution in [0.25, 0.3) is 0 Å². The Kier molecular flexibility index (Phi) is 3.12. The maximum atomic E-state index is 10.7. The Morgan fingerprint density at radius 1 is 1.47 bits per heavy atom.